The number of halogens is 2. The van der Waals surface area contributed by atoms with E-state index in [0.29, 0.717) is 0 Å². The van der Waals surface area contributed by atoms with E-state index in [1.807, 2.05) is 0 Å². The third-order valence-electron chi connectivity index (χ3n) is 3.07. The van der Waals surface area contributed by atoms with Crippen LogP contribution in [0.2, 0.25) is 0 Å². The number of carbonyl (C=O) groups excluding carboxylic acids is 1. The standard InChI is InChI=1S/C12H14F2N2O2/c13-12(14)6-4-8(5-7-12)15-11(18)9-2-1-3-10(17)16-9/h1-3,8H,4-7H2,(H,15,18)(H,16,17). The van der Waals surface area contributed by atoms with E-state index in [-0.39, 0.29) is 43.0 Å². The molecule has 6 heteroatoms. The zero-order valence-electron chi connectivity index (χ0n) is 9.71. The van der Waals surface area contributed by atoms with E-state index in [4.69, 9.17) is 0 Å². The lowest BCUT2D eigenvalue weighted by Gasteiger charge is -2.28. The molecule has 0 aliphatic heterocycles. The van der Waals surface area contributed by atoms with Crippen LogP contribution in [-0.4, -0.2) is 22.9 Å². The Balaban J connectivity index is 1.95. The van der Waals surface area contributed by atoms with Crippen LogP contribution in [0.5, 0.6) is 0 Å². The van der Waals surface area contributed by atoms with Crippen molar-refractivity contribution in [3.63, 3.8) is 0 Å². The monoisotopic (exact) mass is 256 g/mol. The van der Waals surface area contributed by atoms with Crippen molar-refractivity contribution in [2.24, 2.45) is 0 Å². The first-order valence-electron chi connectivity index (χ1n) is 5.84. The predicted octanol–water partition coefficient (Wildman–Crippen LogP) is 1.68. The Morgan fingerprint density at radius 1 is 1.33 bits per heavy atom. The minimum atomic E-state index is -2.61. The van der Waals surface area contributed by atoms with Crippen molar-refractivity contribution in [2.75, 3.05) is 0 Å². The number of aromatic amines is 1. The maximum atomic E-state index is 12.9. The topological polar surface area (TPSA) is 62.0 Å². The van der Waals surface area contributed by atoms with Crippen LogP contribution in [0.3, 0.4) is 0 Å². The summed E-state index contributed by atoms with van der Waals surface area (Å²) in [6.45, 7) is 0. The SMILES string of the molecule is O=C(NC1CCC(F)(F)CC1)c1cccc(=O)[nH]1. The molecule has 18 heavy (non-hydrogen) atoms. The van der Waals surface area contributed by atoms with E-state index in [1.165, 1.54) is 18.2 Å². The van der Waals surface area contributed by atoms with Crippen LogP contribution in [0.4, 0.5) is 8.78 Å². The molecule has 1 amide bonds. The number of pyridine rings is 1. The molecule has 0 saturated heterocycles. The van der Waals surface area contributed by atoms with Crippen molar-refractivity contribution in [2.45, 2.75) is 37.6 Å². The first-order valence-corrected chi connectivity index (χ1v) is 5.84. The van der Waals surface area contributed by atoms with Gasteiger partial charge in [0.25, 0.3) is 5.91 Å². The molecule has 4 nitrogen and oxygen atoms in total. The molecule has 2 rings (SSSR count). The van der Waals surface area contributed by atoms with E-state index in [2.05, 4.69) is 10.3 Å². The molecule has 0 radical (unpaired) electrons. The zero-order chi connectivity index (χ0) is 13.2. The average Bonchev–Trinajstić information content (AvgIpc) is 2.32. The maximum Gasteiger partial charge on any atom is 0.268 e. The Morgan fingerprint density at radius 2 is 2.00 bits per heavy atom. The number of aromatic nitrogens is 1. The van der Waals surface area contributed by atoms with Gasteiger partial charge in [0.15, 0.2) is 0 Å². The molecule has 1 aliphatic carbocycles. The smallest absolute Gasteiger partial charge is 0.268 e. The molecule has 1 aromatic rings. The third-order valence-corrected chi connectivity index (χ3v) is 3.07. The first kappa shape index (κ1) is 12.7. The average molecular weight is 256 g/mol. The molecule has 1 heterocycles. The number of H-pyrrole nitrogens is 1. The van der Waals surface area contributed by atoms with Crippen LogP contribution in [0.15, 0.2) is 23.0 Å². The Labute approximate surface area is 102 Å². The second kappa shape index (κ2) is 4.88. The number of hydrogen-bond donors (Lipinski definition) is 2. The summed E-state index contributed by atoms with van der Waals surface area (Å²) in [6.07, 6.45) is 0.109. The van der Waals surface area contributed by atoms with Crippen molar-refractivity contribution in [1.29, 1.82) is 0 Å². The minimum absolute atomic E-state index is 0.153. The van der Waals surface area contributed by atoms with Crippen LogP contribution < -0.4 is 10.9 Å². The number of carbonyl (C=O) groups is 1. The van der Waals surface area contributed by atoms with Gasteiger partial charge >= 0.3 is 0 Å². The second-order valence-electron chi connectivity index (χ2n) is 4.53. The molecule has 1 aromatic heterocycles. The summed E-state index contributed by atoms with van der Waals surface area (Å²) in [5.41, 5.74) is -0.210. The summed E-state index contributed by atoms with van der Waals surface area (Å²) < 4.78 is 25.9. The van der Waals surface area contributed by atoms with Crippen LogP contribution in [0, 0.1) is 0 Å². The van der Waals surface area contributed by atoms with Crippen molar-refractivity contribution in [3.8, 4) is 0 Å². The van der Waals surface area contributed by atoms with Crippen molar-refractivity contribution in [1.82, 2.24) is 10.3 Å². The largest absolute Gasteiger partial charge is 0.348 e. The van der Waals surface area contributed by atoms with E-state index in [0.717, 1.165) is 0 Å². The molecular weight excluding hydrogens is 242 g/mol. The molecule has 0 unspecified atom stereocenters. The number of amides is 1. The van der Waals surface area contributed by atoms with Gasteiger partial charge in [0.1, 0.15) is 5.69 Å². The summed E-state index contributed by atoms with van der Waals surface area (Å²) in [5.74, 6) is -3.04. The highest BCUT2D eigenvalue weighted by Crippen LogP contribution is 2.32. The lowest BCUT2D eigenvalue weighted by atomic mass is 9.92. The minimum Gasteiger partial charge on any atom is -0.348 e. The molecule has 2 N–H and O–H groups in total. The molecule has 1 saturated carbocycles. The highest BCUT2D eigenvalue weighted by atomic mass is 19.3. The summed E-state index contributed by atoms with van der Waals surface area (Å²) in [6, 6.07) is 4.01. The Hall–Kier alpha value is -1.72. The van der Waals surface area contributed by atoms with Gasteiger partial charge in [0.05, 0.1) is 0 Å². The third kappa shape index (κ3) is 3.15. The summed E-state index contributed by atoms with van der Waals surface area (Å²) in [5, 5.41) is 2.66. The lowest BCUT2D eigenvalue weighted by molar-refractivity contribution is -0.0399. The molecule has 1 fully saturated rings. The quantitative estimate of drug-likeness (QED) is 0.845. The van der Waals surface area contributed by atoms with E-state index < -0.39 is 11.8 Å². The van der Waals surface area contributed by atoms with E-state index >= 15 is 0 Å². The fourth-order valence-electron chi connectivity index (χ4n) is 2.03. The fourth-order valence-corrected chi connectivity index (χ4v) is 2.03. The Kier molecular flexibility index (Phi) is 3.45. The van der Waals surface area contributed by atoms with Gasteiger partial charge in [-0.15, -0.1) is 0 Å². The van der Waals surface area contributed by atoms with Gasteiger partial charge in [0, 0.05) is 24.9 Å². The number of nitrogens with one attached hydrogen (secondary N) is 2. The van der Waals surface area contributed by atoms with Gasteiger partial charge < -0.3 is 10.3 Å². The van der Waals surface area contributed by atoms with Gasteiger partial charge in [-0.25, -0.2) is 8.78 Å². The van der Waals surface area contributed by atoms with Crippen molar-refractivity contribution >= 4 is 5.91 Å². The highest BCUT2D eigenvalue weighted by Gasteiger charge is 2.35. The van der Waals surface area contributed by atoms with E-state index in [1.54, 1.807) is 0 Å². The van der Waals surface area contributed by atoms with Crippen LogP contribution in [0.25, 0.3) is 0 Å². The highest BCUT2D eigenvalue weighted by molar-refractivity contribution is 5.92. The molecule has 0 aromatic carbocycles. The van der Waals surface area contributed by atoms with Gasteiger partial charge in [-0.2, -0.15) is 0 Å². The normalized spacial score (nSPS) is 19.4. The van der Waals surface area contributed by atoms with E-state index in [9.17, 15) is 18.4 Å². The van der Waals surface area contributed by atoms with Gasteiger partial charge in [-0.3, -0.25) is 9.59 Å². The maximum absolute atomic E-state index is 12.9. The predicted molar refractivity (Wildman–Crippen MR) is 61.7 cm³/mol. The number of rotatable bonds is 2. The molecule has 0 bridgehead atoms. The van der Waals surface area contributed by atoms with Crippen LogP contribution >= 0.6 is 0 Å². The first-order chi connectivity index (χ1) is 8.46. The zero-order valence-corrected chi connectivity index (χ0v) is 9.71. The van der Waals surface area contributed by atoms with Gasteiger partial charge in [-0.05, 0) is 18.9 Å². The fraction of sp³-hybridized carbons (Fsp3) is 0.500. The molecule has 98 valence electrons. The molecule has 0 spiro atoms. The molecular formula is C12H14F2N2O2. The van der Waals surface area contributed by atoms with Crippen molar-refractivity contribution < 1.29 is 13.6 Å². The van der Waals surface area contributed by atoms with Gasteiger partial charge in [0.2, 0.25) is 11.5 Å². The Bertz CT molecular complexity index is 489. The Morgan fingerprint density at radius 3 is 2.61 bits per heavy atom. The lowest BCUT2D eigenvalue weighted by Crippen LogP contribution is -2.40. The molecule has 1 aliphatic rings. The summed E-state index contributed by atoms with van der Waals surface area (Å²) in [4.78, 5) is 25.2. The second-order valence-corrected chi connectivity index (χ2v) is 4.53. The summed E-state index contributed by atoms with van der Waals surface area (Å²) >= 11 is 0. The van der Waals surface area contributed by atoms with Crippen LogP contribution in [0.1, 0.15) is 36.2 Å². The van der Waals surface area contributed by atoms with Crippen LogP contribution in [-0.2, 0) is 0 Å². The number of alkyl halides is 2. The summed E-state index contributed by atoms with van der Waals surface area (Å²) in [7, 11) is 0. The molecule has 0 atom stereocenters. The number of hydrogen-bond acceptors (Lipinski definition) is 2. The van der Waals surface area contributed by atoms with Gasteiger partial charge in [-0.1, -0.05) is 6.07 Å². The van der Waals surface area contributed by atoms with Crippen molar-refractivity contribution in [3.05, 3.63) is 34.2 Å².